The monoisotopic (exact) mass is 487 g/mol. The summed E-state index contributed by atoms with van der Waals surface area (Å²) in [7, 11) is 1.97. The van der Waals surface area contributed by atoms with Crippen molar-refractivity contribution < 1.29 is 4.52 Å². The van der Waals surface area contributed by atoms with Gasteiger partial charge in [-0.2, -0.15) is 0 Å². The Morgan fingerprint density at radius 1 is 1.19 bits per heavy atom. The van der Waals surface area contributed by atoms with Gasteiger partial charge in [0.2, 0.25) is 0 Å². The molecular weight excluding hydrogens is 457 g/mol. The van der Waals surface area contributed by atoms with Gasteiger partial charge in [0.05, 0.1) is 18.8 Å². The van der Waals surface area contributed by atoms with Gasteiger partial charge in [0.15, 0.2) is 11.8 Å². The maximum Gasteiger partial charge on any atom is 0.192 e. The fourth-order valence-electron chi connectivity index (χ4n) is 3.25. The van der Waals surface area contributed by atoms with Gasteiger partial charge >= 0.3 is 0 Å². The van der Waals surface area contributed by atoms with Crippen molar-refractivity contribution in [3.8, 4) is 0 Å². The lowest BCUT2D eigenvalue weighted by Crippen LogP contribution is -2.44. The smallest absolute Gasteiger partial charge is 0.192 e. The number of aliphatic imine (C=N–C) groups is 1. The number of halogens is 1. The lowest BCUT2D eigenvalue weighted by Gasteiger charge is -2.25. The zero-order chi connectivity index (χ0) is 18.5. The van der Waals surface area contributed by atoms with Crippen LogP contribution < -0.4 is 10.6 Å². The fraction of sp³-hybridized carbons (Fsp3) is 0.667. The molecule has 0 atom stereocenters. The van der Waals surface area contributed by atoms with Crippen LogP contribution in [0.2, 0.25) is 0 Å². The van der Waals surface area contributed by atoms with Crippen LogP contribution in [0.15, 0.2) is 9.52 Å². The molecule has 8 nitrogen and oxygen atoms in total. The van der Waals surface area contributed by atoms with Crippen LogP contribution in [-0.4, -0.2) is 31.9 Å². The molecule has 27 heavy (non-hydrogen) atoms. The number of hydrogen-bond donors (Lipinski definition) is 2. The number of aromatic nitrogens is 4. The maximum atomic E-state index is 5.24. The van der Waals surface area contributed by atoms with E-state index in [1.165, 1.54) is 32.1 Å². The van der Waals surface area contributed by atoms with Crippen molar-refractivity contribution in [3.63, 3.8) is 0 Å². The highest BCUT2D eigenvalue weighted by molar-refractivity contribution is 14.0. The summed E-state index contributed by atoms with van der Waals surface area (Å²) in [6.07, 6.45) is 6.26. The van der Waals surface area contributed by atoms with Crippen molar-refractivity contribution in [3.05, 3.63) is 28.7 Å². The molecule has 2 heterocycles. The van der Waals surface area contributed by atoms with Crippen LogP contribution in [0.5, 0.6) is 0 Å². The summed E-state index contributed by atoms with van der Waals surface area (Å²) in [5, 5.41) is 19.3. The average Bonchev–Trinajstić information content (AvgIpc) is 3.14. The van der Waals surface area contributed by atoms with E-state index in [4.69, 9.17) is 9.52 Å². The number of nitrogens with zero attached hydrogens (tertiary/aromatic N) is 5. The Bertz CT molecular complexity index is 742. The molecule has 1 aliphatic rings. The predicted molar refractivity (Wildman–Crippen MR) is 115 cm³/mol. The molecule has 0 bridgehead atoms. The van der Waals surface area contributed by atoms with Gasteiger partial charge in [-0.1, -0.05) is 24.4 Å². The number of guanidine groups is 1. The van der Waals surface area contributed by atoms with Crippen molar-refractivity contribution in [2.75, 3.05) is 0 Å². The molecular formula is C18H30IN7O. The van der Waals surface area contributed by atoms with E-state index in [9.17, 15) is 0 Å². The van der Waals surface area contributed by atoms with E-state index in [1.54, 1.807) is 0 Å². The molecule has 0 unspecified atom stereocenters. The minimum absolute atomic E-state index is 0. The largest absolute Gasteiger partial charge is 0.361 e. The van der Waals surface area contributed by atoms with Gasteiger partial charge < -0.3 is 19.7 Å². The second-order valence-electron chi connectivity index (χ2n) is 7.02. The Balaban J connectivity index is 0.00000261. The summed E-state index contributed by atoms with van der Waals surface area (Å²) in [6.45, 7) is 6.95. The molecule has 2 aromatic heterocycles. The second kappa shape index (κ2) is 10.0. The first-order valence-corrected chi connectivity index (χ1v) is 9.36. The Morgan fingerprint density at radius 3 is 2.52 bits per heavy atom. The van der Waals surface area contributed by atoms with E-state index in [-0.39, 0.29) is 24.0 Å². The first kappa shape index (κ1) is 21.6. The lowest BCUT2D eigenvalue weighted by molar-refractivity contribution is 0.392. The van der Waals surface area contributed by atoms with Crippen molar-refractivity contribution in [2.45, 2.75) is 72.0 Å². The van der Waals surface area contributed by atoms with Gasteiger partial charge in [-0.25, -0.2) is 4.99 Å². The molecule has 1 aliphatic carbocycles. The molecule has 1 fully saturated rings. The van der Waals surface area contributed by atoms with Crippen LogP contribution in [0.25, 0.3) is 0 Å². The normalized spacial score (nSPS) is 15.5. The van der Waals surface area contributed by atoms with Crippen LogP contribution in [0, 0.1) is 20.8 Å². The lowest BCUT2D eigenvalue weighted by atomic mass is 9.96. The highest BCUT2D eigenvalue weighted by atomic mass is 127. The second-order valence-corrected chi connectivity index (χ2v) is 7.02. The summed E-state index contributed by atoms with van der Waals surface area (Å²) in [4.78, 5) is 4.77. The molecule has 3 rings (SSSR count). The van der Waals surface area contributed by atoms with Crippen molar-refractivity contribution in [1.82, 2.24) is 30.6 Å². The van der Waals surface area contributed by atoms with Crippen LogP contribution in [-0.2, 0) is 20.1 Å². The molecule has 1 saturated carbocycles. The fourth-order valence-corrected chi connectivity index (χ4v) is 3.25. The summed E-state index contributed by atoms with van der Waals surface area (Å²) in [6, 6.07) is 0.473. The summed E-state index contributed by atoms with van der Waals surface area (Å²) < 4.78 is 7.23. The Kier molecular flexibility index (Phi) is 8.06. The molecule has 0 amide bonds. The van der Waals surface area contributed by atoms with Gasteiger partial charge in [0, 0.05) is 18.7 Å². The van der Waals surface area contributed by atoms with E-state index < -0.39 is 0 Å². The average molecular weight is 487 g/mol. The van der Waals surface area contributed by atoms with E-state index in [1.807, 2.05) is 32.4 Å². The zero-order valence-electron chi connectivity index (χ0n) is 16.6. The molecule has 2 N–H and O–H groups in total. The number of nitrogens with one attached hydrogen (secondary N) is 2. The Labute approximate surface area is 177 Å². The van der Waals surface area contributed by atoms with Crippen molar-refractivity contribution >= 4 is 29.9 Å². The quantitative estimate of drug-likeness (QED) is 0.383. The predicted octanol–water partition coefficient (Wildman–Crippen LogP) is 2.91. The Hall–Kier alpha value is -1.65. The third kappa shape index (κ3) is 5.66. The highest BCUT2D eigenvalue weighted by Gasteiger charge is 2.16. The number of aryl methyl sites for hydroxylation is 3. The zero-order valence-corrected chi connectivity index (χ0v) is 18.9. The van der Waals surface area contributed by atoms with Crippen molar-refractivity contribution in [1.29, 1.82) is 0 Å². The van der Waals surface area contributed by atoms with Crippen molar-refractivity contribution in [2.24, 2.45) is 12.0 Å². The van der Waals surface area contributed by atoms with Crippen LogP contribution in [0.1, 0.15) is 60.8 Å². The standard InChI is InChI=1S/C18H29N7O.HI/c1-12-16(13(2)26-24-12)10-19-18(21-15-8-6-5-7-9-15)20-11-17-23-22-14(3)25(17)4;/h15H,5-11H2,1-4H3,(H2,19,20,21);1H. The molecule has 0 aliphatic heterocycles. The van der Waals surface area contributed by atoms with Crippen LogP contribution in [0.3, 0.4) is 0 Å². The molecule has 2 aromatic rings. The van der Waals surface area contributed by atoms with Gasteiger partial charge in [-0.3, -0.25) is 0 Å². The van der Waals surface area contributed by atoms with Gasteiger partial charge in [-0.15, -0.1) is 34.2 Å². The first-order chi connectivity index (χ1) is 12.5. The first-order valence-electron chi connectivity index (χ1n) is 9.36. The van der Waals surface area contributed by atoms with E-state index in [0.717, 1.165) is 34.6 Å². The molecule has 0 aromatic carbocycles. The van der Waals surface area contributed by atoms with Gasteiger partial charge in [0.25, 0.3) is 0 Å². The number of rotatable bonds is 5. The topological polar surface area (TPSA) is 93.2 Å². The highest BCUT2D eigenvalue weighted by Crippen LogP contribution is 2.17. The van der Waals surface area contributed by atoms with E-state index in [0.29, 0.717) is 19.1 Å². The summed E-state index contributed by atoms with van der Waals surface area (Å²) in [5.74, 6) is 3.42. The molecule has 150 valence electrons. The maximum absolute atomic E-state index is 5.24. The third-order valence-corrected chi connectivity index (χ3v) is 5.12. The molecule has 0 spiro atoms. The Morgan fingerprint density at radius 2 is 1.93 bits per heavy atom. The molecule has 0 saturated heterocycles. The summed E-state index contributed by atoms with van der Waals surface area (Å²) >= 11 is 0. The third-order valence-electron chi connectivity index (χ3n) is 5.12. The SMILES string of the molecule is Cc1noc(C)c1CN=C(NCc1nnc(C)n1C)NC1CCCCC1.I. The summed E-state index contributed by atoms with van der Waals surface area (Å²) in [5.41, 5.74) is 1.94. The minimum atomic E-state index is 0. The van der Waals surface area contributed by atoms with E-state index in [2.05, 4.69) is 26.0 Å². The minimum Gasteiger partial charge on any atom is -0.361 e. The van der Waals surface area contributed by atoms with Crippen LogP contribution in [0.4, 0.5) is 0 Å². The van der Waals surface area contributed by atoms with Crippen LogP contribution >= 0.6 is 24.0 Å². The molecule has 9 heteroatoms. The molecule has 0 radical (unpaired) electrons. The van der Waals surface area contributed by atoms with Gasteiger partial charge in [0.1, 0.15) is 11.6 Å². The van der Waals surface area contributed by atoms with E-state index >= 15 is 0 Å². The van der Waals surface area contributed by atoms with Gasteiger partial charge in [-0.05, 0) is 33.6 Å². The number of hydrogen-bond acceptors (Lipinski definition) is 5.